The highest BCUT2D eigenvalue weighted by Gasteiger charge is 2.38. The number of hydrogen-bond acceptors (Lipinski definition) is 7. The first-order valence-corrected chi connectivity index (χ1v) is 10.8. The number of carboxylic acid groups (broad SMARTS) is 1. The number of guanidine groups is 2. The minimum Gasteiger partial charge on any atom is -0.480 e. The summed E-state index contributed by atoms with van der Waals surface area (Å²) in [6.07, 6.45) is 0.726. The third kappa shape index (κ3) is 9.83. The Bertz CT molecular complexity index is 868. The molecule has 0 radical (unpaired) electrons. The highest BCUT2D eigenvalue weighted by Crippen LogP contribution is 2.15. The molecule has 13 heteroatoms. The summed E-state index contributed by atoms with van der Waals surface area (Å²) in [4.78, 5) is 46.7. The van der Waals surface area contributed by atoms with Gasteiger partial charge in [0.25, 0.3) is 0 Å². The van der Waals surface area contributed by atoms with Crippen molar-refractivity contribution in [3.05, 3.63) is 35.9 Å². The maximum Gasteiger partial charge on any atom is 0.326 e. The van der Waals surface area contributed by atoms with E-state index >= 15 is 0 Å². The molecule has 0 spiro atoms. The summed E-state index contributed by atoms with van der Waals surface area (Å²) >= 11 is 0. The number of rotatable bonds is 14. The lowest BCUT2D eigenvalue weighted by Crippen LogP contribution is -2.58. The molecule has 0 aliphatic carbocycles. The van der Waals surface area contributed by atoms with Crippen LogP contribution in [0.15, 0.2) is 40.3 Å². The van der Waals surface area contributed by atoms with Crippen LogP contribution in [0.2, 0.25) is 0 Å². The Morgan fingerprint density at radius 2 is 1.32 bits per heavy atom. The zero-order chi connectivity index (χ0) is 25.7. The first-order chi connectivity index (χ1) is 16.0. The van der Waals surface area contributed by atoms with E-state index in [1.807, 2.05) is 6.07 Å². The third-order valence-corrected chi connectivity index (χ3v) is 4.90. The molecule has 34 heavy (non-hydrogen) atoms. The second kappa shape index (κ2) is 14.4. The zero-order valence-corrected chi connectivity index (χ0v) is 19.0. The second-order valence-corrected chi connectivity index (χ2v) is 7.70. The molecule has 0 saturated heterocycles. The molecule has 188 valence electrons. The molecule has 1 rings (SSSR count). The van der Waals surface area contributed by atoms with Crippen molar-refractivity contribution in [1.82, 2.24) is 4.90 Å². The molecule has 0 fully saturated rings. The van der Waals surface area contributed by atoms with Crippen molar-refractivity contribution in [2.75, 3.05) is 13.1 Å². The largest absolute Gasteiger partial charge is 0.480 e. The normalized spacial score (nSPS) is 13.2. The number of nitrogens with zero attached hydrogens (tertiary/aromatic N) is 3. The Morgan fingerprint density at radius 3 is 1.82 bits per heavy atom. The van der Waals surface area contributed by atoms with Crippen LogP contribution in [0.1, 0.15) is 31.2 Å². The van der Waals surface area contributed by atoms with Gasteiger partial charge in [-0.2, -0.15) is 0 Å². The van der Waals surface area contributed by atoms with Gasteiger partial charge in [0.05, 0.1) is 12.1 Å². The summed E-state index contributed by atoms with van der Waals surface area (Å²) in [5, 5.41) is 9.82. The molecule has 3 atom stereocenters. The van der Waals surface area contributed by atoms with Crippen LogP contribution in [0.3, 0.4) is 0 Å². The quantitative estimate of drug-likeness (QED) is 0.0863. The van der Waals surface area contributed by atoms with Crippen LogP contribution in [0, 0.1) is 0 Å². The molecule has 0 bridgehead atoms. The van der Waals surface area contributed by atoms with Gasteiger partial charge in [0.2, 0.25) is 11.8 Å². The average molecular weight is 478 g/mol. The summed E-state index contributed by atoms with van der Waals surface area (Å²) in [6.45, 7) is 0.356. The first kappa shape index (κ1) is 28.3. The van der Waals surface area contributed by atoms with E-state index in [0.717, 1.165) is 5.56 Å². The Kier molecular flexibility index (Phi) is 12.0. The summed E-state index contributed by atoms with van der Waals surface area (Å²) in [5.74, 6) is -3.29. The fourth-order valence-electron chi connectivity index (χ4n) is 3.23. The number of aliphatic carboxylic acids is 1. The third-order valence-electron chi connectivity index (χ3n) is 4.90. The molecule has 1 aromatic rings. The van der Waals surface area contributed by atoms with Crippen molar-refractivity contribution in [2.24, 2.45) is 44.4 Å². The van der Waals surface area contributed by atoms with E-state index in [2.05, 4.69) is 9.98 Å². The first-order valence-electron chi connectivity index (χ1n) is 10.8. The van der Waals surface area contributed by atoms with Crippen LogP contribution in [-0.4, -0.2) is 70.9 Å². The standard InChI is InChI=1S/C21H35N9O4/c22-14(8-4-10-28-20(24)25)17(31)30(16(19(33)34)9-5-11-29-21(26)27)18(32)15(23)12-13-6-2-1-3-7-13/h1-3,6-7,14-16H,4-5,8-12,22-23H2,(H,33,34)(H4,24,25,28)(H4,26,27,29). The number of amides is 2. The highest BCUT2D eigenvalue weighted by molar-refractivity contribution is 6.03. The number of aliphatic imine (C=N–C) groups is 2. The Labute approximate surface area is 198 Å². The monoisotopic (exact) mass is 477 g/mol. The predicted molar refractivity (Wildman–Crippen MR) is 129 cm³/mol. The van der Waals surface area contributed by atoms with Crippen molar-refractivity contribution < 1.29 is 19.5 Å². The summed E-state index contributed by atoms with van der Waals surface area (Å²) in [6, 6.07) is 5.14. The summed E-state index contributed by atoms with van der Waals surface area (Å²) in [7, 11) is 0. The van der Waals surface area contributed by atoms with Gasteiger partial charge in [-0.1, -0.05) is 30.3 Å². The van der Waals surface area contributed by atoms with Crippen LogP contribution in [0.5, 0.6) is 0 Å². The molecular weight excluding hydrogens is 442 g/mol. The van der Waals surface area contributed by atoms with E-state index in [1.165, 1.54) is 0 Å². The fourth-order valence-corrected chi connectivity index (χ4v) is 3.23. The van der Waals surface area contributed by atoms with Gasteiger partial charge in [-0.05, 0) is 37.7 Å². The minimum atomic E-state index is -1.49. The van der Waals surface area contributed by atoms with Gasteiger partial charge in [0.1, 0.15) is 6.04 Å². The number of imide groups is 1. The molecule has 13 nitrogen and oxygen atoms in total. The van der Waals surface area contributed by atoms with Crippen molar-refractivity contribution >= 4 is 29.7 Å². The van der Waals surface area contributed by atoms with Crippen molar-refractivity contribution in [3.8, 4) is 0 Å². The van der Waals surface area contributed by atoms with Crippen molar-refractivity contribution in [2.45, 2.75) is 50.2 Å². The van der Waals surface area contributed by atoms with Gasteiger partial charge in [0, 0.05) is 13.1 Å². The zero-order valence-electron chi connectivity index (χ0n) is 19.0. The van der Waals surface area contributed by atoms with Gasteiger partial charge in [-0.3, -0.25) is 24.5 Å². The van der Waals surface area contributed by atoms with E-state index in [4.69, 9.17) is 34.4 Å². The molecule has 1 aromatic carbocycles. The van der Waals surface area contributed by atoms with Crippen molar-refractivity contribution in [1.29, 1.82) is 0 Å². The molecule has 0 aliphatic heterocycles. The Balaban J connectivity index is 3.09. The van der Waals surface area contributed by atoms with Gasteiger partial charge in [-0.15, -0.1) is 0 Å². The molecule has 2 amide bonds. The lowest BCUT2D eigenvalue weighted by Gasteiger charge is -2.31. The van der Waals surface area contributed by atoms with E-state index in [-0.39, 0.29) is 50.7 Å². The fraction of sp³-hybridized carbons (Fsp3) is 0.476. The SMILES string of the molecule is NC(N)=NCCCC(N)C(=O)N(C(=O)C(N)Cc1ccccc1)C(CCCN=C(N)N)C(=O)O. The lowest BCUT2D eigenvalue weighted by atomic mass is 10.0. The van der Waals surface area contributed by atoms with E-state index in [0.29, 0.717) is 11.3 Å². The number of carboxylic acids is 1. The number of benzene rings is 1. The lowest BCUT2D eigenvalue weighted by molar-refractivity contribution is -0.159. The van der Waals surface area contributed by atoms with Crippen LogP contribution in [0.25, 0.3) is 0 Å². The van der Waals surface area contributed by atoms with Gasteiger partial charge in [-0.25, -0.2) is 4.79 Å². The number of carbonyl (C=O) groups is 3. The maximum absolute atomic E-state index is 13.2. The second-order valence-electron chi connectivity index (χ2n) is 7.70. The van der Waals surface area contributed by atoms with Gasteiger partial charge in [0.15, 0.2) is 11.9 Å². The van der Waals surface area contributed by atoms with E-state index < -0.39 is 35.9 Å². The molecule has 0 aromatic heterocycles. The maximum atomic E-state index is 13.2. The van der Waals surface area contributed by atoms with E-state index in [1.54, 1.807) is 24.3 Å². The van der Waals surface area contributed by atoms with Crippen molar-refractivity contribution in [3.63, 3.8) is 0 Å². The van der Waals surface area contributed by atoms with Crippen LogP contribution in [-0.2, 0) is 20.8 Å². The number of hydrogen-bond donors (Lipinski definition) is 7. The van der Waals surface area contributed by atoms with Gasteiger partial charge < -0.3 is 39.5 Å². The molecule has 3 unspecified atom stereocenters. The van der Waals surface area contributed by atoms with Crippen LogP contribution < -0.4 is 34.4 Å². The van der Waals surface area contributed by atoms with Crippen LogP contribution >= 0.6 is 0 Å². The molecule has 13 N–H and O–H groups in total. The molecule has 0 aliphatic rings. The number of carbonyl (C=O) groups excluding carboxylic acids is 2. The Morgan fingerprint density at radius 1 is 0.824 bits per heavy atom. The molecule has 0 saturated carbocycles. The molecular formula is C21H35N9O4. The topological polar surface area (TPSA) is 256 Å². The van der Waals surface area contributed by atoms with Gasteiger partial charge >= 0.3 is 5.97 Å². The predicted octanol–water partition coefficient (Wildman–Crippen LogP) is -2.20. The summed E-state index contributed by atoms with van der Waals surface area (Å²) < 4.78 is 0. The highest BCUT2D eigenvalue weighted by atomic mass is 16.4. The summed E-state index contributed by atoms with van der Waals surface area (Å²) in [5.41, 5.74) is 34.0. The van der Waals surface area contributed by atoms with Crippen LogP contribution in [0.4, 0.5) is 0 Å². The smallest absolute Gasteiger partial charge is 0.326 e. The number of nitrogens with two attached hydrogens (primary N) is 6. The average Bonchev–Trinajstić information content (AvgIpc) is 2.78. The molecule has 0 heterocycles. The minimum absolute atomic E-state index is 0.0810. The van der Waals surface area contributed by atoms with E-state index in [9.17, 15) is 19.5 Å². The Hall–Kier alpha value is -3.71.